The van der Waals surface area contributed by atoms with Crippen LogP contribution in [0.1, 0.15) is 26.2 Å². The van der Waals surface area contributed by atoms with Gasteiger partial charge in [-0.15, -0.1) is 0 Å². The van der Waals surface area contributed by atoms with Crippen LogP contribution in [0.2, 0.25) is 0 Å². The number of nitriles is 1. The Morgan fingerprint density at radius 2 is 2.27 bits per heavy atom. The minimum atomic E-state index is -2.90. The zero-order valence-electron chi connectivity index (χ0n) is 9.03. The molecule has 0 aromatic rings. The molecule has 4 nitrogen and oxygen atoms in total. The Kier molecular flexibility index (Phi) is 4.12. The number of hydrogen-bond donors (Lipinski definition) is 0. The summed E-state index contributed by atoms with van der Waals surface area (Å²) >= 11 is 0. The highest BCUT2D eigenvalue weighted by Crippen LogP contribution is 2.32. The van der Waals surface area contributed by atoms with E-state index in [1.54, 1.807) is 6.92 Å². The van der Waals surface area contributed by atoms with Crippen LogP contribution in [0.5, 0.6) is 0 Å². The van der Waals surface area contributed by atoms with E-state index in [2.05, 4.69) is 6.07 Å². The van der Waals surface area contributed by atoms with E-state index < -0.39 is 15.3 Å². The predicted octanol–water partition coefficient (Wildman–Crippen LogP) is 1.13. The van der Waals surface area contributed by atoms with Crippen LogP contribution in [0, 0.1) is 16.7 Å². The molecule has 0 spiro atoms. The molecule has 1 aliphatic heterocycles. The second-order valence-corrected chi connectivity index (χ2v) is 6.51. The van der Waals surface area contributed by atoms with Gasteiger partial charge in [-0.3, -0.25) is 0 Å². The average molecular weight is 231 g/mol. The number of sulfone groups is 1. The third-order valence-electron chi connectivity index (χ3n) is 2.89. The van der Waals surface area contributed by atoms with Crippen molar-refractivity contribution in [3.63, 3.8) is 0 Å². The molecule has 1 heterocycles. The second-order valence-electron chi connectivity index (χ2n) is 4.03. The van der Waals surface area contributed by atoms with Crippen molar-refractivity contribution in [1.82, 2.24) is 0 Å². The van der Waals surface area contributed by atoms with Crippen LogP contribution in [0.25, 0.3) is 0 Å². The molecule has 0 aliphatic carbocycles. The van der Waals surface area contributed by atoms with Crippen molar-refractivity contribution in [3.8, 4) is 6.07 Å². The SMILES string of the molecule is CCS(=O)(=O)CCCC1(C#N)CCOC1. The van der Waals surface area contributed by atoms with E-state index in [-0.39, 0.29) is 11.5 Å². The lowest BCUT2D eigenvalue weighted by atomic mass is 9.84. The third kappa shape index (κ3) is 3.47. The van der Waals surface area contributed by atoms with Crippen LogP contribution in [-0.4, -0.2) is 33.1 Å². The first kappa shape index (κ1) is 12.5. The summed E-state index contributed by atoms with van der Waals surface area (Å²) in [5.74, 6) is 0.371. The lowest BCUT2D eigenvalue weighted by Crippen LogP contribution is -2.20. The highest BCUT2D eigenvalue weighted by Gasteiger charge is 2.34. The maximum absolute atomic E-state index is 11.3. The van der Waals surface area contributed by atoms with Crippen LogP contribution in [-0.2, 0) is 14.6 Å². The highest BCUT2D eigenvalue weighted by molar-refractivity contribution is 7.91. The Morgan fingerprint density at radius 3 is 2.73 bits per heavy atom. The maximum Gasteiger partial charge on any atom is 0.150 e. The molecule has 0 aromatic carbocycles. The van der Waals surface area contributed by atoms with Gasteiger partial charge in [0.15, 0.2) is 0 Å². The Hall–Kier alpha value is -0.600. The van der Waals surface area contributed by atoms with Gasteiger partial charge in [0.1, 0.15) is 9.84 Å². The number of ether oxygens (including phenoxy) is 1. The van der Waals surface area contributed by atoms with Crippen LogP contribution < -0.4 is 0 Å². The first-order chi connectivity index (χ1) is 7.04. The summed E-state index contributed by atoms with van der Waals surface area (Å²) < 4.78 is 27.7. The molecule has 1 unspecified atom stereocenters. The lowest BCUT2D eigenvalue weighted by molar-refractivity contribution is 0.168. The molecular weight excluding hydrogens is 214 g/mol. The average Bonchev–Trinajstić information content (AvgIpc) is 2.67. The first-order valence-corrected chi connectivity index (χ1v) is 7.05. The van der Waals surface area contributed by atoms with Crippen molar-refractivity contribution >= 4 is 9.84 Å². The first-order valence-electron chi connectivity index (χ1n) is 5.23. The minimum absolute atomic E-state index is 0.184. The monoisotopic (exact) mass is 231 g/mol. The number of rotatable bonds is 5. The quantitative estimate of drug-likeness (QED) is 0.711. The van der Waals surface area contributed by atoms with E-state index >= 15 is 0 Å². The molecule has 0 bridgehead atoms. The Morgan fingerprint density at radius 1 is 1.53 bits per heavy atom. The zero-order valence-corrected chi connectivity index (χ0v) is 9.85. The summed E-state index contributed by atoms with van der Waals surface area (Å²) in [5, 5.41) is 9.02. The van der Waals surface area contributed by atoms with Gasteiger partial charge in [0, 0.05) is 12.4 Å². The summed E-state index contributed by atoms with van der Waals surface area (Å²) in [5.41, 5.74) is -0.427. The fourth-order valence-corrected chi connectivity index (χ4v) is 2.60. The summed E-state index contributed by atoms with van der Waals surface area (Å²) in [6.07, 6.45) is 1.92. The molecule has 0 amide bonds. The molecular formula is C10H17NO3S. The van der Waals surface area contributed by atoms with Crippen LogP contribution in [0.3, 0.4) is 0 Å². The fourth-order valence-electron chi connectivity index (χ4n) is 1.72. The molecule has 1 rings (SSSR count). The predicted molar refractivity (Wildman–Crippen MR) is 57.0 cm³/mol. The minimum Gasteiger partial charge on any atom is -0.380 e. The van der Waals surface area contributed by atoms with Gasteiger partial charge in [-0.05, 0) is 19.3 Å². The molecule has 0 saturated carbocycles. The lowest BCUT2D eigenvalue weighted by Gasteiger charge is -2.17. The molecule has 0 N–H and O–H groups in total. The molecule has 15 heavy (non-hydrogen) atoms. The van der Waals surface area contributed by atoms with Crippen molar-refractivity contribution in [1.29, 1.82) is 5.26 Å². The van der Waals surface area contributed by atoms with Crippen molar-refractivity contribution in [2.24, 2.45) is 5.41 Å². The normalized spacial score (nSPS) is 26.4. The third-order valence-corrected chi connectivity index (χ3v) is 4.68. The zero-order chi connectivity index (χ0) is 11.4. The van der Waals surface area contributed by atoms with Crippen molar-refractivity contribution in [3.05, 3.63) is 0 Å². The number of hydrogen-bond acceptors (Lipinski definition) is 4. The van der Waals surface area contributed by atoms with E-state index in [9.17, 15) is 8.42 Å². The maximum atomic E-state index is 11.3. The largest absolute Gasteiger partial charge is 0.380 e. The van der Waals surface area contributed by atoms with Crippen molar-refractivity contribution < 1.29 is 13.2 Å². The van der Waals surface area contributed by atoms with Gasteiger partial charge in [-0.25, -0.2) is 8.42 Å². The molecule has 1 saturated heterocycles. The molecule has 0 aromatic heterocycles. The van der Waals surface area contributed by atoms with E-state index in [0.29, 0.717) is 26.1 Å². The molecule has 1 aliphatic rings. The molecule has 5 heteroatoms. The smallest absolute Gasteiger partial charge is 0.150 e. The Labute approximate surface area is 91.1 Å². The summed E-state index contributed by atoms with van der Waals surface area (Å²) in [7, 11) is -2.90. The second kappa shape index (κ2) is 4.95. The molecule has 1 fully saturated rings. The van der Waals surface area contributed by atoms with Crippen LogP contribution in [0.15, 0.2) is 0 Å². The topological polar surface area (TPSA) is 67.2 Å². The standard InChI is InChI=1S/C10H17NO3S/c1-2-15(12,13)7-3-4-10(8-11)5-6-14-9-10/h2-7,9H2,1H3. The van der Waals surface area contributed by atoms with Crippen LogP contribution in [0.4, 0.5) is 0 Å². The van der Waals surface area contributed by atoms with E-state index in [0.717, 1.165) is 6.42 Å². The van der Waals surface area contributed by atoms with E-state index in [4.69, 9.17) is 10.00 Å². The molecule has 86 valence electrons. The van der Waals surface area contributed by atoms with Gasteiger partial charge in [0.25, 0.3) is 0 Å². The van der Waals surface area contributed by atoms with E-state index in [1.807, 2.05) is 0 Å². The number of nitrogens with zero attached hydrogens (tertiary/aromatic N) is 1. The van der Waals surface area contributed by atoms with Gasteiger partial charge in [-0.2, -0.15) is 5.26 Å². The van der Waals surface area contributed by atoms with Gasteiger partial charge in [0.05, 0.1) is 23.8 Å². The summed E-state index contributed by atoms with van der Waals surface area (Å²) in [6, 6.07) is 2.26. The Bertz CT molecular complexity index is 336. The van der Waals surface area contributed by atoms with Crippen LogP contribution >= 0.6 is 0 Å². The molecule has 1 atom stereocenters. The summed E-state index contributed by atoms with van der Waals surface area (Å²) in [4.78, 5) is 0. The summed E-state index contributed by atoms with van der Waals surface area (Å²) in [6.45, 7) is 2.72. The fraction of sp³-hybridized carbons (Fsp3) is 0.900. The Balaban J connectivity index is 2.40. The molecule has 0 radical (unpaired) electrons. The van der Waals surface area contributed by atoms with Gasteiger partial charge < -0.3 is 4.74 Å². The van der Waals surface area contributed by atoms with Crippen molar-refractivity contribution in [2.75, 3.05) is 24.7 Å². The van der Waals surface area contributed by atoms with E-state index in [1.165, 1.54) is 0 Å². The van der Waals surface area contributed by atoms with Gasteiger partial charge in [-0.1, -0.05) is 6.92 Å². The van der Waals surface area contributed by atoms with Gasteiger partial charge >= 0.3 is 0 Å². The van der Waals surface area contributed by atoms with Gasteiger partial charge in [0.2, 0.25) is 0 Å². The highest BCUT2D eigenvalue weighted by atomic mass is 32.2. The van der Waals surface area contributed by atoms with Crippen molar-refractivity contribution in [2.45, 2.75) is 26.2 Å².